The van der Waals surface area contributed by atoms with Gasteiger partial charge in [0, 0.05) is 17.1 Å². The van der Waals surface area contributed by atoms with E-state index in [1.54, 1.807) is 36.4 Å². The van der Waals surface area contributed by atoms with Crippen LogP contribution in [0.2, 0.25) is 10.0 Å². The number of Topliss-reactive ketones (excluding diaryl/α,β-unsaturated/α-hetero) is 1. The van der Waals surface area contributed by atoms with E-state index in [0.717, 1.165) is 0 Å². The van der Waals surface area contributed by atoms with Gasteiger partial charge in [-0.1, -0.05) is 35.3 Å². The molecule has 0 saturated carbocycles. The lowest BCUT2D eigenvalue weighted by molar-refractivity contribution is -0.140. The summed E-state index contributed by atoms with van der Waals surface area (Å²) in [7, 11) is 1.45. The number of hydrogen-bond donors (Lipinski definition) is 1. The number of benzene rings is 2. The maximum absolute atomic E-state index is 13.0. The van der Waals surface area contributed by atoms with Gasteiger partial charge >= 0.3 is 0 Å². The molecule has 1 amide bonds. The number of nitrogens with zero attached hydrogens (tertiary/aromatic N) is 1. The number of ketones is 1. The van der Waals surface area contributed by atoms with E-state index in [2.05, 4.69) is 0 Å². The second-order valence-electron chi connectivity index (χ2n) is 7.31. The van der Waals surface area contributed by atoms with E-state index in [1.165, 1.54) is 18.1 Å². The lowest BCUT2D eigenvalue weighted by atomic mass is 9.95. The molecule has 0 spiro atoms. The number of hydrogen-bond acceptors (Lipinski definition) is 5. The summed E-state index contributed by atoms with van der Waals surface area (Å²) in [4.78, 5) is 27.2. The third-order valence-corrected chi connectivity index (χ3v) is 5.50. The maximum Gasteiger partial charge on any atom is 0.295 e. The Labute approximate surface area is 191 Å². The molecule has 2 aromatic rings. The highest BCUT2D eigenvalue weighted by atomic mass is 35.5. The smallest absolute Gasteiger partial charge is 0.295 e. The first-order valence-corrected chi connectivity index (χ1v) is 10.5. The SMILES string of the molecule is COc1cc(/C(O)=C2/C(=O)C(=O)N(CCOC(C)C)C2c2ccc(Cl)cc2)ccc1Cl. The first kappa shape index (κ1) is 23.1. The summed E-state index contributed by atoms with van der Waals surface area (Å²) < 4.78 is 10.8. The van der Waals surface area contributed by atoms with Crippen molar-refractivity contribution in [3.63, 3.8) is 0 Å². The molecule has 0 bridgehead atoms. The fourth-order valence-electron chi connectivity index (χ4n) is 3.45. The van der Waals surface area contributed by atoms with Crippen molar-refractivity contribution < 1.29 is 24.2 Å². The molecule has 6 nitrogen and oxygen atoms in total. The molecule has 1 unspecified atom stereocenters. The normalized spacial score (nSPS) is 18.1. The number of likely N-dealkylation sites (tertiary alicyclic amines) is 1. The van der Waals surface area contributed by atoms with Crippen molar-refractivity contribution in [1.29, 1.82) is 0 Å². The molecule has 1 N–H and O–H groups in total. The molecule has 2 aromatic carbocycles. The molecule has 1 heterocycles. The Balaban J connectivity index is 2.11. The molecule has 164 valence electrons. The average molecular weight is 464 g/mol. The fraction of sp³-hybridized carbons (Fsp3) is 0.304. The molecule has 0 aliphatic carbocycles. The highest BCUT2D eigenvalue weighted by molar-refractivity contribution is 6.46. The summed E-state index contributed by atoms with van der Waals surface area (Å²) in [6.07, 6.45) is -0.0210. The number of ether oxygens (including phenoxy) is 2. The first-order chi connectivity index (χ1) is 14.7. The minimum absolute atomic E-state index is 0.0127. The molecule has 1 atom stereocenters. The van der Waals surface area contributed by atoms with Crippen LogP contribution in [0.15, 0.2) is 48.0 Å². The Kier molecular flexibility index (Phi) is 7.26. The number of halogens is 2. The van der Waals surface area contributed by atoms with E-state index in [9.17, 15) is 14.7 Å². The van der Waals surface area contributed by atoms with Gasteiger partial charge in [-0.15, -0.1) is 0 Å². The topological polar surface area (TPSA) is 76.1 Å². The van der Waals surface area contributed by atoms with Crippen molar-refractivity contribution in [2.24, 2.45) is 0 Å². The van der Waals surface area contributed by atoms with Crippen molar-refractivity contribution in [2.45, 2.75) is 26.0 Å². The van der Waals surface area contributed by atoms with Gasteiger partial charge in [-0.05, 0) is 49.7 Å². The van der Waals surface area contributed by atoms with Crippen molar-refractivity contribution in [3.05, 3.63) is 69.2 Å². The molecular weight excluding hydrogens is 441 g/mol. The molecule has 1 saturated heterocycles. The molecule has 1 aliphatic rings. The largest absolute Gasteiger partial charge is 0.507 e. The molecule has 0 radical (unpaired) electrons. The summed E-state index contributed by atoms with van der Waals surface area (Å²) in [5.74, 6) is -1.43. The van der Waals surface area contributed by atoms with Crippen LogP contribution in [0.4, 0.5) is 0 Å². The quantitative estimate of drug-likeness (QED) is 0.360. The van der Waals surface area contributed by atoms with Gasteiger partial charge in [0.05, 0.1) is 36.5 Å². The number of aliphatic hydroxyl groups excluding tert-OH is 1. The Bertz CT molecular complexity index is 1020. The van der Waals surface area contributed by atoms with Crippen LogP contribution in [0, 0.1) is 0 Å². The van der Waals surface area contributed by atoms with Crippen LogP contribution >= 0.6 is 23.2 Å². The first-order valence-electron chi connectivity index (χ1n) is 9.74. The van der Waals surface area contributed by atoms with Gasteiger partial charge in [-0.25, -0.2) is 0 Å². The molecule has 1 aliphatic heterocycles. The van der Waals surface area contributed by atoms with Crippen LogP contribution < -0.4 is 4.74 Å². The summed E-state index contributed by atoms with van der Waals surface area (Å²) >= 11 is 12.1. The molecule has 1 fully saturated rings. The highest BCUT2D eigenvalue weighted by Gasteiger charge is 2.45. The second kappa shape index (κ2) is 9.73. The van der Waals surface area contributed by atoms with Crippen molar-refractivity contribution in [2.75, 3.05) is 20.3 Å². The van der Waals surface area contributed by atoms with Gasteiger partial charge in [0.25, 0.3) is 11.7 Å². The van der Waals surface area contributed by atoms with E-state index in [1.807, 2.05) is 13.8 Å². The highest BCUT2D eigenvalue weighted by Crippen LogP contribution is 2.40. The standard InChI is InChI=1S/C23H23Cl2NO5/c1-13(2)31-11-10-26-20(14-4-7-16(24)8-5-14)19(22(28)23(26)29)21(27)15-6-9-17(25)18(12-15)30-3/h4-9,12-13,20,27H,10-11H2,1-3H3/b21-19-. The summed E-state index contributed by atoms with van der Waals surface area (Å²) in [6, 6.07) is 10.7. The fourth-order valence-corrected chi connectivity index (χ4v) is 3.77. The molecule has 3 rings (SSSR count). The second-order valence-corrected chi connectivity index (χ2v) is 8.16. The monoisotopic (exact) mass is 463 g/mol. The van der Waals surface area contributed by atoms with Gasteiger partial charge in [0.1, 0.15) is 11.5 Å². The number of methoxy groups -OCH3 is 1. The third-order valence-electron chi connectivity index (χ3n) is 4.93. The number of carbonyl (C=O) groups excluding carboxylic acids is 2. The van der Waals surface area contributed by atoms with E-state index in [4.69, 9.17) is 32.7 Å². The zero-order valence-electron chi connectivity index (χ0n) is 17.4. The van der Waals surface area contributed by atoms with E-state index >= 15 is 0 Å². The number of aliphatic hydroxyl groups is 1. The molecule has 31 heavy (non-hydrogen) atoms. The van der Waals surface area contributed by atoms with Crippen molar-refractivity contribution in [3.8, 4) is 5.75 Å². The Morgan fingerprint density at radius 1 is 1.13 bits per heavy atom. The van der Waals surface area contributed by atoms with Crippen molar-refractivity contribution >= 4 is 40.7 Å². The number of carbonyl (C=O) groups is 2. The van der Waals surface area contributed by atoms with Crippen LogP contribution in [-0.2, 0) is 14.3 Å². The number of rotatable bonds is 7. The van der Waals surface area contributed by atoms with Crippen LogP contribution in [-0.4, -0.2) is 48.1 Å². The number of amides is 1. The minimum Gasteiger partial charge on any atom is -0.507 e. The molecule has 8 heteroatoms. The van der Waals surface area contributed by atoms with Crippen LogP contribution in [0.5, 0.6) is 5.75 Å². The van der Waals surface area contributed by atoms with Gasteiger partial charge in [-0.2, -0.15) is 0 Å². The minimum atomic E-state index is -0.783. The Morgan fingerprint density at radius 2 is 1.81 bits per heavy atom. The van der Waals surface area contributed by atoms with E-state index in [-0.39, 0.29) is 30.6 Å². The zero-order valence-corrected chi connectivity index (χ0v) is 18.9. The summed E-state index contributed by atoms with van der Waals surface area (Å²) in [5.41, 5.74) is 0.952. The summed E-state index contributed by atoms with van der Waals surface area (Å²) in [6.45, 7) is 4.22. The lowest BCUT2D eigenvalue weighted by Gasteiger charge is -2.25. The van der Waals surface area contributed by atoms with Crippen LogP contribution in [0.25, 0.3) is 5.76 Å². The average Bonchev–Trinajstić information content (AvgIpc) is 2.99. The Hall–Kier alpha value is -2.54. The van der Waals surface area contributed by atoms with Crippen molar-refractivity contribution in [1.82, 2.24) is 4.90 Å². The Morgan fingerprint density at radius 3 is 2.42 bits per heavy atom. The third kappa shape index (κ3) is 4.87. The van der Waals surface area contributed by atoms with Crippen LogP contribution in [0.1, 0.15) is 31.0 Å². The van der Waals surface area contributed by atoms with E-state index in [0.29, 0.717) is 26.9 Å². The molecular formula is C23H23Cl2NO5. The maximum atomic E-state index is 13.0. The predicted molar refractivity (Wildman–Crippen MR) is 120 cm³/mol. The van der Waals surface area contributed by atoms with Gasteiger partial charge in [-0.3, -0.25) is 9.59 Å². The zero-order chi connectivity index (χ0) is 22.7. The van der Waals surface area contributed by atoms with Gasteiger partial charge < -0.3 is 19.5 Å². The van der Waals surface area contributed by atoms with E-state index < -0.39 is 17.7 Å². The predicted octanol–water partition coefficient (Wildman–Crippen LogP) is 4.85. The lowest BCUT2D eigenvalue weighted by Crippen LogP contribution is -2.33. The van der Waals surface area contributed by atoms with Gasteiger partial charge in [0.15, 0.2) is 0 Å². The van der Waals surface area contributed by atoms with Gasteiger partial charge in [0.2, 0.25) is 0 Å². The molecule has 0 aromatic heterocycles. The van der Waals surface area contributed by atoms with Crippen LogP contribution in [0.3, 0.4) is 0 Å². The summed E-state index contributed by atoms with van der Waals surface area (Å²) in [5, 5.41) is 11.9.